The summed E-state index contributed by atoms with van der Waals surface area (Å²) in [5.41, 5.74) is 1.39. The SMILES string of the molecule is CCOc1ccc(NC(=O)/C=C\c2ccc(S(=O)(=O)N3CCOCC3)cc2)cc1. The van der Waals surface area contributed by atoms with Gasteiger partial charge in [-0.1, -0.05) is 12.1 Å². The summed E-state index contributed by atoms with van der Waals surface area (Å²) >= 11 is 0. The molecule has 0 bridgehead atoms. The number of rotatable bonds is 7. The van der Waals surface area contributed by atoms with Crippen molar-refractivity contribution in [2.45, 2.75) is 11.8 Å². The van der Waals surface area contributed by atoms with Crippen LogP contribution in [-0.2, 0) is 19.6 Å². The molecule has 0 unspecified atom stereocenters. The first kappa shape index (κ1) is 21.0. The number of sulfonamides is 1. The van der Waals surface area contributed by atoms with Crippen molar-refractivity contribution < 1.29 is 22.7 Å². The van der Waals surface area contributed by atoms with Gasteiger partial charge in [0.1, 0.15) is 5.75 Å². The van der Waals surface area contributed by atoms with Gasteiger partial charge in [-0.3, -0.25) is 4.79 Å². The topological polar surface area (TPSA) is 84.9 Å². The standard InChI is InChI=1S/C21H24N2O5S/c1-2-28-19-8-6-18(7-9-19)22-21(24)12-5-17-3-10-20(11-4-17)29(25,26)23-13-15-27-16-14-23/h3-12H,2,13-16H2,1H3,(H,22,24)/b12-5-. The number of nitrogens with one attached hydrogen (secondary N) is 1. The lowest BCUT2D eigenvalue weighted by molar-refractivity contribution is -0.111. The molecule has 1 fully saturated rings. The van der Waals surface area contributed by atoms with E-state index in [1.54, 1.807) is 54.6 Å². The second-order valence-corrected chi connectivity index (χ2v) is 8.30. The predicted octanol–water partition coefficient (Wildman–Crippen LogP) is 2.76. The van der Waals surface area contributed by atoms with Crippen molar-refractivity contribution in [3.63, 3.8) is 0 Å². The van der Waals surface area contributed by atoms with Crippen LogP contribution in [0.4, 0.5) is 5.69 Å². The smallest absolute Gasteiger partial charge is 0.248 e. The second kappa shape index (κ2) is 9.69. The molecule has 0 aliphatic carbocycles. The van der Waals surface area contributed by atoms with Gasteiger partial charge in [-0.2, -0.15) is 4.31 Å². The van der Waals surface area contributed by atoms with E-state index >= 15 is 0 Å². The zero-order valence-electron chi connectivity index (χ0n) is 16.2. The third kappa shape index (κ3) is 5.66. The monoisotopic (exact) mass is 416 g/mol. The summed E-state index contributed by atoms with van der Waals surface area (Å²) in [7, 11) is -3.52. The van der Waals surface area contributed by atoms with Gasteiger partial charge in [0, 0.05) is 24.9 Å². The summed E-state index contributed by atoms with van der Waals surface area (Å²) in [5.74, 6) is 0.465. The first-order chi connectivity index (χ1) is 14.0. The Morgan fingerprint density at radius 1 is 1.10 bits per heavy atom. The average molecular weight is 416 g/mol. The lowest BCUT2D eigenvalue weighted by atomic mass is 10.2. The molecule has 8 heteroatoms. The van der Waals surface area contributed by atoms with Gasteiger partial charge in [-0.25, -0.2) is 8.42 Å². The van der Waals surface area contributed by atoms with E-state index in [0.29, 0.717) is 38.6 Å². The molecule has 0 radical (unpaired) electrons. The van der Waals surface area contributed by atoms with Crippen molar-refractivity contribution in [2.24, 2.45) is 0 Å². The number of morpholine rings is 1. The van der Waals surface area contributed by atoms with Gasteiger partial charge in [-0.15, -0.1) is 0 Å². The molecule has 7 nitrogen and oxygen atoms in total. The zero-order chi connectivity index (χ0) is 20.7. The maximum atomic E-state index is 12.6. The highest BCUT2D eigenvalue weighted by Crippen LogP contribution is 2.19. The molecule has 1 aliphatic rings. The number of carbonyl (C=O) groups is 1. The van der Waals surface area contributed by atoms with E-state index in [9.17, 15) is 13.2 Å². The largest absolute Gasteiger partial charge is 0.494 e. The molecule has 0 spiro atoms. The van der Waals surface area contributed by atoms with Crippen LogP contribution in [0.3, 0.4) is 0 Å². The fourth-order valence-corrected chi connectivity index (χ4v) is 4.25. The minimum atomic E-state index is -3.52. The zero-order valence-corrected chi connectivity index (χ0v) is 17.0. The lowest BCUT2D eigenvalue weighted by Crippen LogP contribution is -2.40. The van der Waals surface area contributed by atoms with E-state index in [4.69, 9.17) is 9.47 Å². The Morgan fingerprint density at radius 3 is 2.38 bits per heavy atom. The number of hydrogen-bond donors (Lipinski definition) is 1. The van der Waals surface area contributed by atoms with E-state index < -0.39 is 10.0 Å². The second-order valence-electron chi connectivity index (χ2n) is 6.37. The number of benzene rings is 2. The fraction of sp³-hybridized carbons (Fsp3) is 0.286. The number of carbonyl (C=O) groups excluding carboxylic acids is 1. The van der Waals surface area contributed by atoms with Gasteiger partial charge in [0.25, 0.3) is 0 Å². The van der Waals surface area contributed by atoms with E-state index in [-0.39, 0.29) is 10.8 Å². The van der Waals surface area contributed by atoms with Crippen LogP contribution in [0.25, 0.3) is 6.08 Å². The first-order valence-corrected chi connectivity index (χ1v) is 10.8. The van der Waals surface area contributed by atoms with E-state index in [0.717, 1.165) is 11.3 Å². The van der Waals surface area contributed by atoms with Crippen molar-refractivity contribution >= 4 is 27.7 Å². The van der Waals surface area contributed by atoms with Crippen LogP contribution in [0.1, 0.15) is 12.5 Å². The minimum Gasteiger partial charge on any atom is -0.494 e. The van der Waals surface area contributed by atoms with Gasteiger partial charge in [0.2, 0.25) is 15.9 Å². The summed E-state index contributed by atoms with van der Waals surface area (Å²) in [5, 5.41) is 2.76. The van der Waals surface area contributed by atoms with Gasteiger partial charge in [0.05, 0.1) is 24.7 Å². The van der Waals surface area contributed by atoms with Crippen molar-refractivity contribution in [3.8, 4) is 5.75 Å². The molecule has 1 heterocycles. The molecule has 0 saturated carbocycles. The molecule has 1 saturated heterocycles. The van der Waals surface area contributed by atoms with Gasteiger partial charge < -0.3 is 14.8 Å². The Hall–Kier alpha value is -2.68. The van der Waals surface area contributed by atoms with Crippen LogP contribution in [-0.4, -0.2) is 51.5 Å². The van der Waals surface area contributed by atoms with Crippen molar-refractivity contribution in [1.82, 2.24) is 4.31 Å². The van der Waals surface area contributed by atoms with E-state index in [1.165, 1.54) is 10.4 Å². The van der Waals surface area contributed by atoms with Gasteiger partial charge in [0.15, 0.2) is 0 Å². The molecule has 0 aromatic heterocycles. The number of ether oxygens (including phenoxy) is 2. The molecule has 3 rings (SSSR count). The molecular formula is C21H24N2O5S. The highest BCUT2D eigenvalue weighted by Gasteiger charge is 2.25. The van der Waals surface area contributed by atoms with Crippen LogP contribution in [0.15, 0.2) is 59.5 Å². The molecular weight excluding hydrogens is 392 g/mol. The first-order valence-electron chi connectivity index (χ1n) is 9.39. The third-order valence-corrected chi connectivity index (χ3v) is 6.26. The quantitative estimate of drug-likeness (QED) is 0.702. The third-order valence-electron chi connectivity index (χ3n) is 4.35. The highest BCUT2D eigenvalue weighted by atomic mass is 32.2. The fourth-order valence-electron chi connectivity index (χ4n) is 2.84. The molecule has 0 atom stereocenters. The summed E-state index contributed by atoms with van der Waals surface area (Å²) < 4.78 is 37.2. The van der Waals surface area contributed by atoms with Crippen LogP contribution < -0.4 is 10.1 Å². The molecule has 154 valence electrons. The molecule has 2 aromatic rings. The normalized spacial score (nSPS) is 15.3. The molecule has 29 heavy (non-hydrogen) atoms. The molecule has 2 aromatic carbocycles. The Balaban J connectivity index is 1.59. The summed E-state index contributed by atoms with van der Waals surface area (Å²) in [6.07, 6.45) is 3.04. The molecule has 1 amide bonds. The Labute approximate surface area is 171 Å². The van der Waals surface area contributed by atoms with Crippen molar-refractivity contribution in [2.75, 3.05) is 38.2 Å². The summed E-state index contributed by atoms with van der Waals surface area (Å²) in [6, 6.07) is 13.6. The minimum absolute atomic E-state index is 0.232. The van der Waals surface area contributed by atoms with E-state index in [2.05, 4.69) is 5.32 Å². The lowest BCUT2D eigenvalue weighted by Gasteiger charge is -2.26. The number of hydrogen-bond acceptors (Lipinski definition) is 5. The Bertz CT molecular complexity index is 948. The number of amides is 1. The summed E-state index contributed by atoms with van der Waals surface area (Å²) in [4.78, 5) is 12.3. The highest BCUT2D eigenvalue weighted by molar-refractivity contribution is 7.89. The maximum Gasteiger partial charge on any atom is 0.248 e. The van der Waals surface area contributed by atoms with Gasteiger partial charge >= 0.3 is 0 Å². The van der Waals surface area contributed by atoms with Crippen LogP contribution in [0, 0.1) is 0 Å². The van der Waals surface area contributed by atoms with Crippen LogP contribution >= 0.6 is 0 Å². The summed E-state index contributed by atoms with van der Waals surface area (Å²) in [6.45, 7) is 4.02. The molecule has 1 aliphatic heterocycles. The molecule has 1 N–H and O–H groups in total. The maximum absolute atomic E-state index is 12.6. The predicted molar refractivity (Wildman–Crippen MR) is 111 cm³/mol. The van der Waals surface area contributed by atoms with Crippen molar-refractivity contribution in [1.29, 1.82) is 0 Å². The number of anilines is 1. The van der Waals surface area contributed by atoms with Crippen LogP contribution in [0.2, 0.25) is 0 Å². The average Bonchev–Trinajstić information content (AvgIpc) is 2.75. The Morgan fingerprint density at radius 2 is 1.76 bits per heavy atom. The van der Waals surface area contributed by atoms with Gasteiger partial charge in [-0.05, 0) is 55.0 Å². The van der Waals surface area contributed by atoms with E-state index in [1.807, 2.05) is 6.92 Å². The van der Waals surface area contributed by atoms with Crippen LogP contribution in [0.5, 0.6) is 5.75 Å². The Kier molecular flexibility index (Phi) is 7.03. The van der Waals surface area contributed by atoms with Crippen molar-refractivity contribution in [3.05, 3.63) is 60.2 Å². The number of nitrogens with zero attached hydrogens (tertiary/aromatic N) is 1.